The second-order valence-corrected chi connectivity index (χ2v) is 12.0. The van der Waals surface area contributed by atoms with Gasteiger partial charge in [-0.1, -0.05) is 45.5 Å². The lowest BCUT2D eigenvalue weighted by Crippen LogP contribution is -2.57. The maximum absolute atomic E-state index is 13.6. The van der Waals surface area contributed by atoms with Crippen molar-refractivity contribution in [3.8, 4) is 5.75 Å². The van der Waals surface area contributed by atoms with Crippen LogP contribution in [0.3, 0.4) is 0 Å². The van der Waals surface area contributed by atoms with E-state index in [1.54, 1.807) is 51.1 Å². The van der Waals surface area contributed by atoms with Crippen molar-refractivity contribution in [2.24, 2.45) is 5.41 Å². The summed E-state index contributed by atoms with van der Waals surface area (Å²) in [7, 11) is 0. The molecule has 2 unspecified atom stereocenters. The number of nitro groups is 1. The summed E-state index contributed by atoms with van der Waals surface area (Å²) in [5, 5.41) is 9.55. The molecule has 1 heterocycles. The van der Waals surface area contributed by atoms with E-state index in [-0.39, 0.29) is 40.4 Å². The SMILES string of the molecule is C=CC[S+]([O-])C1CC(=O)N1C(C(=O)OCc1ccc([N+](=O)[O-])cc1)=C(Oc1ccccc1)SC(=O)C(C)(C)C. The molecule has 39 heavy (non-hydrogen) atoms. The summed E-state index contributed by atoms with van der Waals surface area (Å²) < 4.78 is 24.3. The van der Waals surface area contributed by atoms with Crippen molar-refractivity contribution >= 4 is 45.6 Å². The van der Waals surface area contributed by atoms with Crippen molar-refractivity contribution in [1.82, 2.24) is 4.90 Å². The van der Waals surface area contributed by atoms with E-state index in [1.807, 2.05) is 0 Å². The Morgan fingerprint density at radius 3 is 2.36 bits per heavy atom. The minimum absolute atomic E-state index is 0.0733. The van der Waals surface area contributed by atoms with Crippen LogP contribution in [-0.4, -0.2) is 42.5 Å². The zero-order valence-electron chi connectivity index (χ0n) is 21.7. The summed E-state index contributed by atoms with van der Waals surface area (Å²) in [6, 6.07) is 13.8. The minimum atomic E-state index is -1.57. The molecular weight excluding hydrogens is 544 g/mol. The Kier molecular flexibility index (Phi) is 9.95. The molecule has 10 nitrogen and oxygen atoms in total. The zero-order chi connectivity index (χ0) is 28.7. The number of hydrogen-bond acceptors (Lipinski definition) is 9. The highest BCUT2D eigenvalue weighted by Crippen LogP contribution is 2.38. The molecule has 0 bridgehead atoms. The van der Waals surface area contributed by atoms with Gasteiger partial charge in [-0.3, -0.25) is 24.6 Å². The van der Waals surface area contributed by atoms with E-state index in [2.05, 4.69) is 6.58 Å². The minimum Gasteiger partial charge on any atom is -0.614 e. The number of para-hydroxylation sites is 1. The number of thioether (sulfide) groups is 1. The summed E-state index contributed by atoms with van der Waals surface area (Å²) in [5.74, 6) is -1.08. The van der Waals surface area contributed by atoms with Gasteiger partial charge in [0, 0.05) is 17.5 Å². The monoisotopic (exact) mass is 572 g/mol. The summed E-state index contributed by atoms with van der Waals surface area (Å²) in [6.07, 6.45) is 1.38. The van der Waals surface area contributed by atoms with Gasteiger partial charge in [0.1, 0.15) is 18.1 Å². The van der Waals surface area contributed by atoms with Gasteiger partial charge in [-0.25, -0.2) is 4.79 Å². The molecule has 12 heteroatoms. The lowest BCUT2D eigenvalue weighted by atomic mass is 10.00. The second kappa shape index (κ2) is 13.0. The first-order valence-corrected chi connectivity index (χ1v) is 14.0. The van der Waals surface area contributed by atoms with Gasteiger partial charge in [0.05, 0.1) is 11.3 Å². The Bertz CT molecular complexity index is 1270. The van der Waals surface area contributed by atoms with Crippen LogP contribution >= 0.6 is 11.8 Å². The molecule has 2 aromatic carbocycles. The predicted octanol–water partition coefficient (Wildman–Crippen LogP) is 4.69. The van der Waals surface area contributed by atoms with Crippen LogP contribution in [0.15, 0.2) is 78.0 Å². The van der Waals surface area contributed by atoms with E-state index in [4.69, 9.17) is 9.47 Å². The van der Waals surface area contributed by atoms with Crippen molar-refractivity contribution in [3.05, 3.63) is 93.7 Å². The number of carbonyl (C=O) groups excluding carboxylic acids is 3. The zero-order valence-corrected chi connectivity index (χ0v) is 23.3. The summed E-state index contributed by atoms with van der Waals surface area (Å²) in [4.78, 5) is 50.9. The normalized spacial score (nSPS) is 16.5. The largest absolute Gasteiger partial charge is 0.614 e. The molecule has 2 atom stereocenters. The number of benzene rings is 2. The van der Waals surface area contributed by atoms with Gasteiger partial charge < -0.3 is 14.0 Å². The van der Waals surface area contributed by atoms with Crippen molar-refractivity contribution in [3.63, 3.8) is 0 Å². The Hall–Kier alpha value is -3.61. The van der Waals surface area contributed by atoms with E-state index in [1.165, 1.54) is 30.3 Å². The quantitative estimate of drug-likeness (QED) is 0.0548. The molecule has 0 aliphatic carbocycles. The molecule has 0 spiro atoms. The number of β-lactam (4-membered cyclic amide) rings is 1. The fraction of sp³-hybridized carbons (Fsp3) is 0.296. The number of amides is 1. The maximum Gasteiger partial charge on any atom is 0.360 e. The Morgan fingerprint density at radius 2 is 1.82 bits per heavy atom. The number of hydrogen-bond donors (Lipinski definition) is 0. The Balaban J connectivity index is 2.04. The molecule has 0 N–H and O–H groups in total. The average Bonchev–Trinajstić information content (AvgIpc) is 2.88. The third kappa shape index (κ3) is 7.71. The van der Waals surface area contributed by atoms with E-state index in [9.17, 15) is 29.1 Å². The van der Waals surface area contributed by atoms with Crippen LogP contribution < -0.4 is 4.74 Å². The summed E-state index contributed by atoms with van der Waals surface area (Å²) in [6.45, 7) is 8.41. The highest BCUT2D eigenvalue weighted by molar-refractivity contribution is 8.16. The number of likely N-dealkylation sites (tertiary alicyclic amines) is 1. The molecule has 0 saturated carbocycles. The molecule has 2 aromatic rings. The van der Waals surface area contributed by atoms with Gasteiger partial charge in [0.25, 0.3) is 5.69 Å². The Labute approximate surface area is 233 Å². The third-order valence-electron chi connectivity index (χ3n) is 5.39. The predicted molar refractivity (Wildman–Crippen MR) is 147 cm³/mol. The second-order valence-electron chi connectivity index (χ2n) is 9.45. The molecule has 0 radical (unpaired) electrons. The van der Waals surface area contributed by atoms with Crippen molar-refractivity contribution < 1.29 is 33.3 Å². The van der Waals surface area contributed by atoms with Crippen LogP contribution in [-0.2, 0) is 36.9 Å². The fourth-order valence-corrected chi connectivity index (χ4v) is 5.39. The van der Waals surface area contributed by atoms with Crippen molar-refractivity contribution in [2.75, 3.05) is 5.75 Å². The number of nitrogens with zero attached hydrogens (tertiary/aromatic N) is 2. The first kappa shape index (κ1) is 29.9. The van der Waals surface area contributed by atoms with Crippen LogP contribution in [0, 0.1) is 15.5 Å². The van der Waals surface area contributed by atoms with Gasteiger partial charge in [-0.15, -0.1) is 0 Å². The van der Waals surface area contributed by atoms with Gasteiger partial charge >= 0.3 is 5.97 Å². The molecule has 3 rings (SSSR count). The lowest BCUT2D eigenvalue weighted by Gasteiger charge is -2.40. The maximum atomic E-state index is 13.6. The van der Waals surface area contributed by atoms with Gasteiger partial charge in [-0.05, 0) is 58.8 Å². The lowest BCUT2D eigenvalue weighted by molar-refractivity contribution is -0.384. The average molecular weight is 573 g/mol. The smallest absolute Gasteiger partial charge is 0.360 e. The molecule has 1 aliphatic heterocycles. The van der Waals surface area contributed by atoms with Gasteiger partial charge in [-0.2, -0.15) is 0 Å². The number of ether oxygens (including phenoxy) is 2. The summed E-state index contributed by atoms with van der Waals surface area (Å²) >= 11 is -0.928. The highest BCUT2D eigenvalue weighted by Gasteiger charge is 2.50. The van der Waals surface area contributed by atoms with E-state index < -0.39 is 38.8 Å². The molecule has 206 valence electrons. The van der Waals surface area contributed by atoms with E-state index in [0.29, 0.717) is 23.1 Å². The van der Waals surface area contributed by atoms with Gasteiger partial charge in [0.15, 0.2) is 10.8 Å². The van der Waals surface area contributed by atoms with Crippen LogP contribution in [0.1, 0.15) is 32.8 Å². The highest BCUT2D eigenvalue weighted by atomic mass is 32.2. The third-order valence-corrected chi connectivity index (χ3v) is 8.20. The molecule has 0 aromatic heterocycles. The first-order valence-electron chi connectivity index (χ1n) is 11.8. The molecular formula is C27H28N2O8S2. The van der Waals surface area contributed by atoms with Crippen LogP contribution in [0.25, 0.3) is 0 Å². The molecule has 1 saturated heterocycles. The number of non-ortho nitro benzene ring substituents is 1. The van der Waals surface area contributed by atoms with Gasteiger partial charge in [0.2, 0.25) is 16.4 Å². The fourth-order valence-electron chi connectivity index (χ4n) is 3.26. The molecule has 1 amide bonds. The number of esters is 1. The number of nitro benzene ring substituents is 1. The summed E-state index contributed by atoms with van der Waals surface area (Å²) in [5.41, 5.74) is -0.839. The topological polar surface area (TPSA) is 139 Å². The molecule has 1 aliphatic rings. The van der Waals surface area contributed by atoms with E-state index >= 15 is 0 Å². The van der Waals surface area contributed by atoms with Crippen molar-refractivity contribution in [1.29, 1.82) is 0 Å². The number of carbonyl (C=O) groups is 3. The first-order chi connectivity index (χ1) is 18.4. The molecule has 1 fully saturated rings. The standard InChI is InChI=1S/C27H28N2O8S2/c1-5-15-39(35)22-16-21(30)28(22)23(24(31)36-17-18-11-13-19(14-12-18)29(33)34)25(38-26(32)27(2,3)4)37-20-9-7-6-8-10-20/h5-14,22H,1,15-17H2,2-4H3. The van der Waals surface area contributed by atoms with Crippen LogP contribution in [0.2, 0.25) is 0 Å². The van der Waals surface area contributed by atoms with Crippen LogP contribution in [0.4, 0.5) is 5.69 Å². The Morgan fingerprint density at radius 1 is 1.18 bits per heavy atom. The number of rotatable bonds is 11. The van der Waals surface area contributed by atoms with E-state index in [0.717, 1.165) is 4.90 Å². The van der Waals surface area contributed by atoms with Crippen LogP contribution in [0.5, 0.6) is 5.75 Å². The van der Waals surface area contributed by atoms with Crippen molar-refractivity contribution in [2.45, 2.75) is 39.2 Å².